The zero-order chi connectivity index (χ0) is 13.1. The van der Waals surface area contributed by atoms with Crippen molar-refractivity contribution in [3.05, 3.63) is 11.4 Å². The molecular weight excluding hydrogens is 234 g/mol. The zero-order valence-corrected chi connectivity index (χ0v) is 11.0. The first kappa shape index (κ1) is 13.0. The molecule has 0 amide bonds. The number of hydrogen-bond donors (Lipinski definition) is 0. The van der Waals surface area contributed by atoms with Crippen LogP contribution in [0.4, 0.5) is 0 Å². The molecule has 1 atom stereocenters. The number of rotatable bonds is 4. The molecule has 1 unspecified atom stereocenters. The second kappa shape index (κ2) is 5.48. The van der Waals surface area contributed by atoms with Crippen molar-refractivity contribution in [1.29, 1.82) is 0 Å². The Balaban J connectivity index is 2.23. The smallest absolute Gasteiger partial charge is 0.360 e. The topological polar surface area (TPSA) is 66.2 Å². The lowest BCUT2D eigenvalue weighted by atomic mass is 10.1. The highest BCUT2D eigenvalue weighted by atomic mass is 16.5. The summed E-state index contributed by atoms with van der Waals surface area (Å²) in [7, 11) is 1.35. The first-order valence-corrected chi connectivity index (χ1v) is 6.26. The van der Waals surface area contributed by atoms with Crippen LogP contribution in [0.25, 0.3) is 0 Å². The molecule has 1 fully saturated rings. The molecule has 18 heavy (non-hydrogen) atoms. The lowest BCUT2D eigenvalue weighted by Gasteiger charge is -2.13. The van der Waals surface area contributed by atoms with Crippen LogP contribution in [0, 0.1) is 0 Å². The van der Waals surface area contributed by atoms with Gasteiger partial charge in [0.15, 0.2) is 5.69 Å². The quantitative estimate of drug-likeness (QED) is 0.758. The van der Waals surface area contributed by atoms with Gasteiger partial charge < -0.3 is 9.47 Å². The van der Waals surface area contributed by atoms with Gasteiger partial charge in [0, 0.05) is 6.61 Å². The van der Waals surface area contributed by atoms with Crippen molar-refractivity contribution in [2.45, 2.75) is 45.3 Å². The highest BCUT2D eigenvalue weighted by Crippen LogP contribution is 2.21. The summed E-state index contributed by atoms with van der Waals surface area (Å²) >= 11 is 0. The van der Waals surface area contributed by atoms with Gasteiger partial charge in [-0.05, 0) is 18.8 Å². The summed E-state index contributed by atoms with van der Waals surface area (Å²) in [4.78, 5) is 11.6. The second-order valence-electron chi connectivity index (χ2n) is 4.79. The molecular formula is C12H19N3O3. The third-order valence-corrected chi connectivity index (χ3v) is 3.10. The van der Waals surface area contributed by atoms with E-state index in [-0.39, 0.29) is 12.0 Å². The molecule has 1 aliphatic heterocycles. The highest BCUT2D eigenvalue weighted by Gasteiger charge is 2.25. The molecule has 1 aliphatic rings. The molecule has 0 radical (unpaired) electrons. The van der Waals surface area contributed by atoms with Gasteiger partial charge in [-0.2, -0.15) is 0 Å². The number of nitrogens with zero attached hydrogens (tertiary/aromatic N) is 3. The van der Waals surface area contributed by atoms with E-state index in [1.807, 2.05) is 13.8 Å². The van der Waals surface area contributed by atoms with Crippen LogP contribution in [-0.4, -0.2) is 40.8 Å². The van der Waals surface area contributed by atoms with Gasteiger partial charge in [-0.1, -0.05) is 19.1 Å². The van der Waals surface area contributed by atoms with Crippen molar-refractivity contribution in [2.75, 3.05) is 13.7 Å². The van der Waals surface area contributed by atoms with Gasteiger partial charge in [0.1, 0.15) is 0 Å². The molecule has 0 N–H and O–H groups in total. The van der Waals surface area contributed by atoms with Crippen LogP contribution in [0.1, 0.15) is 48.8 Å². The maximum atomic E-state index is 11.6. The predicted molar refractivity (Wildman–Crippen MR) is 64.4 cm³/mol. The first-order chi connectivity index (χ1) is 8.63. The Hall–Kier alpha value is -1.43. The minimum atomic E-state index is -0.433. The molecule has 1 saturated heterocycles. The van der Waals surface area contributed by atoms with Crippen molar-refractivity contribution in [3.8, 4) is 0 Å². The highest BCUT2D eigenvalue weighted by molar-refractivity contribution is 5.88. The van der Waals surface area contributed by atoms with Gasteiger partial charge in [-0.15, -0.1) is 5.10 Å². The average Bonchev–Trinajstić information content (AvgIpc) is 2.97. The number of ether oxygens (including phenoxy) is 2. The summed E-state index contributed by atoms with van der Waals surface area (Å²) in [5.41, 5.74) is 1.13. The van der Waals surface area contributed by atoms with Crippen LogP contribution >= 0.6 is 0 Å². The number of carbonyl (C=O) groups is 1. The Morgan fingerprint density at radius 1 is 1.61 bits per heavy atom. The summed E-state index contributed by atoms with van der Waals surface area (Å²) in [6.45, 7) is 5.48. The van der Waals surface area contributed by atoms with Crippen LogP contribution in [0.5, 0.6) is 0 Å². The fourth-order valence-corrected chi connectivity index (χ4v) is 2.25. The Morgan fingerprint density at radius 2 is 2.39 bits per heavy atom. The van der Waals surface area contributed by atoms with E-state index in [9.17, 15) is 4.79 Å². The SMILES string of the molecule is COC(=O)c1nnn(CC2CCCO2)c1C(C)C. The fourth-order valence-electron chi connectivity index (χ4n) is 2.25. The van der Waals surface area contributed by atoms with Gasteiger partial charge in [-0.3, -0.25) is 0 Å². The van der Waals surface area contributed by atoms with Gasteiger partial charge >= 0.3 is 5.97 Å². The Bertz CT molecular complexity index is 422. The average molecular weight is 253 g/mol. The summed E-state index contributed by atoms with van der Waals surface area (Å²) in [5, 5.41) is 7.99. The summed E-state index contributed by atoms with van der Waals surface area (Å²) in [6, 6.07) is 0. The van der Waals surface area contributed by atoms with Crippen LogP contribution in [0.2, 0.25) is 0 Å². The van der Waals surface area contributed by atoms with E-state index in [1.54, 1.807) is 4.68 Å². The molecule has 0 spiro atoms. The Morgan fingerprint density at radius 3 is 2.94 bits per heavy atom. The molecule has 6 nitrogen and oxygen atoms in total. The van der Waals surface area contributed by atoms with E-state index in [1.165, 1.54) is 7.11 Å². The Labute approximate surface area is 106 Å². The molecule has 6 heteroatoms. The molecule has 0 saturated carbocycles. The van der Waals surface area contributed by atoms with Gasteiger partial charge in [0.05, 0.1) is 25.5 Å². The van der Waals surface area contributed by atoms with Crippen LogP contribution in [-0.2, 0) is 16.0 Å². The molecule has 1 aromatic heterocycles. The van der Waals surface area contributed by atoms with E-state index >= 15 is 0 Å². The molecule has 2 heterocycles. The number of aromatic nitrogens is 3. The minimum absolute atomic E-state index is 0.163. The lowest BCUT2D eigenvalue weighted by Crippen LogP contribution is -2.19. The monoisotopic (exact) mass is 253 g/mol. The van der Waals surface area contributed by atoms with E-state index in [0.29, 0.717) is 12.2 Å². The molecule has 0 aliphatic carbocycles. The van der Waals surface area contributed by atoms with E-state index < -0.39 is 5.97 Å². The predicted octanol–water partition coefficient (Wildman–Crippen LogP) is 1.37. The number of carbonyl (C=O) groups excluding carboxylic acids is 1. The van der Waals surface area contributed by atoms with Crippen molar-refractivity contribution >= 4 is 5.97 Å². The summed E-state index contributed by atoms with van der Waals surface area (Å²) < 4.78 is 12.1. The van der Waals surface area contributed by atoms with Gasteiger partial charge in [0.25, 0.3) is 0 Å². The molecule has 1 aromatic rings. The summed E-state index contributed by atoms with van der Waals surface area (Å²) in [5.74, 6) is -0.271. The number of methoxy groups -OCH3 is 1. The van der Waals surface area contributed by atoms with Crippen molar-refractivity contribution in [2.24, 2.45) is 0 Å². The van der Waals surface area contributed by atoms with Crippen molar-refractivity contribution in [3.63, 3.8) is 0 Å². The number of esters is 1. The number of hydrogen-bond acceptors (Lipinski definition) is 5. The fraction of sp³-hybridized carbons (Fsp3) is 0.750. The lowest BCUT2D eigenvalue weighted by molar-refractivity contribution is 0.0591. The molecule has 2 rings (SSSR count). The Kier molecular flexibility index (Phi) is 3.96. The third kappa shape index (κ3) is 2.53. The molecule has 0 bridgehead atoms. The second-order valence-corrected chi connectivity index (χ2v) is 4.79. The minimum Gasteiger partial charge on any atom is -0.464 e. The normalized spacial score (nSPS) is 19.4. The maximum Gasteiger partial charge on any atom is 0.360 e. The van der Waals surface area contributed by atoms with Crippen molar-refractivity contribution < 1.29 is 14.3 Å². The van der Waals surface area contributed by atoms with Crippen molar-refractivity contribution in [1.82, 2.24) is 15.0 Å². The summed E-state index contributed by atoms with van der Waals surface area (Å²) in [6.07, 6.45) is 2.29. The third-order valence-electron chi connectivity index (χ3n) is 3.10. The molecule has 0 aromatic carbocycles. The standard InChI is InChI=1S/C12H19N3O3/c1-8(2)11-10(12(16)17-3)13-14-15(11)7-9-5-4-6-18-9/h8-9H,4-7H2,1-3H3. The van der Waals surface area contributed by atoms with Crippen LogP contribution in [0.3, 0.4) is 0 Å². The maximum absolute atomic E-state index is 11.6. The van der Waals surface area contributed by atoms with Gasteiger partial charge in [-0.25, -0.2) is 9.48 Å². The van der Waals surface area contributed by atoms with E-state index in [4.69, 9.17) is 9.47 Å². The van der Waals surface area contributed by atoms with E-state index in [0.717, 1.165) is 25.1 Å². The molecule has 100 valence electrons. The zero-order valence-electron chi connectivity index (χ0n) is 11.0. The van der Waals surface area contributed by atoms with Crippen LogP contribution < -0.4 is 0 Å². The largest absolute Gasteiger partial charge is 0.464 e. The van der Waals surface area contributed by atoms with Crippen LogP contribution in [0.15, 0.2) is 0 Å². The first-order valence-electron chi connectivity index (χ1n) is 6.26. The van der Waals surface area contributed by atoms with E-state index in [2.05, 4.69) is 10.3 Å². The van der Waals surface area contributed by atoms with Gasteiger partial charge in [0.2, 0.25) is 0 Å².